The van der Waals surface area contributed by atoms with E-state index < -0.39 is 0 Å². The molecule has 2 N–H and O–H groups in total. The number of aromatic nitrogens is 1. The highest BCUT2D eigenvalue weighted by Crippen LogP contribution is 2.35. The van der Waals surface area contributed by atoms with Crippen LogP contribution in [-0.4, -0.2) is 4.98 Å². The van der Waals surface area contributed by atoms with E-state index in [1.165, 1.54) is 24.8 Å². The van der Waals surface area contributed by atoms with Crippen LogP contribution in [-0.2, 0) is 0 Å². The van der Waals surface area contributed by atoms with Crippen LogP contribution in [0.4, 0.5) is 0 Å². The lowest BCUT2D eigenvalue weighted by Crippen LogP contribution is -2.26. The SMILES string of the molecule is NC(c1ccncc1)C1CCC1. The molecule has 12 heavy (non-hydrogen) atoms. The predicted molar refractivity (Wildman–Crippen MR) is 48.5 cm³/mol. The minimum Gasteiger partial charge on any atom is -0.324 e. The Labute approximate surface area is 72.8 Å². The molecule has 1 fully saturated rings. The molecule has 1 unspecified atom stereocenters. The van der Waals surface area contributed by atoms with Gasteiger partial charge in [-0.25, -0.2) is 0 Å². The fraction of sp³-hybridized carbons (Fsp3) is 0.500. The molecule has 2 rings (SSSR count). The van der Waals surface area contributed by atoms with Gasteiger partial charge in [0.05, 0.1) is 0 Å². The zero-order valence-corrected chi connectivity index (χ0v) is 7.11. The molecule has 1 saturated carbocycles. The minimum absolute atomic E-state index is 0.238. The predicted octanol–water partition coefficient (Wildman–Crippen LogP) is 1.88. The van der Waals surface area contributed by atoms with Gasteiger partial charge in [0.15, 0.2) is 0 Å². The summed E-state index contributed by atoms with van der Waals surface area (Å²) in [5.41, 5.74) is 7.30. The summed E-state index contributed by atoms with van der Waals surface area (Å²) in [4.78, 5) is 3.98. The van der Waals surface area contributed by atoms with Gasteiger partial charge in [0, 0.05) is 18.4 Å². The van der Waals surface area contributed by atoms with Gasteiger partial charge in [-0.1, -0.05) is 6.42 Å². The second-order valence-electron chi connectivity index (χ2n) is 3.50. The maximum atomic E-state index is 6.07. The molecule has 1 aliphatic carbocycles. The molecular weight excluding hydrogens is 148 g/mol. The summed E-state index contributed by atoms with van der Waals surface area (Å²) in [5, 5.41) is 0. The van der Waals surface area contributed by atoms with Crippen LogP contribution >= 0.6 is 0 Å². The van der Waals surface area contributed by atoms with E-state index in [1.807, 2.05) is 24.5 Å². The van der Waals surface area contributed by atoms with Gasteiger partial charge in [-0.3, -0.25) is 4.98 Å². The first-order valence-corrected chi connectivity index (χ1v) is 4.53. The summed E-state index contributed by atoms with van der Waals surface area (Å²) >= 11 is 0. The van der Waals surface area contributed by atoms with E-state index in [0.29, 0.717) is 5.92 Å². The second-order valence-corrected chi connectivity index (χ2v) is 3.50. The molecular formula is C10H14N2. The van der Waals surface area contributed by atoms with Gasteiger partial charge >= 0.3 is 0 Å². The maximum Gasteiger partial charge on any atom is 0.0324 e. The number of pyridine rings is 1. The van der Waals surface area contributed by atoms with E-state index >= 15 is 0 Å². The Morgan fingerprint density at radius 2 is 2.00 bits per heavy atom. The largest absolute Gasteiger partial charge is 0.324 e. The molecule has 1 heterocycles. The number of hydrogen-bond acceptors (Lipinski definition) is 2. The summed E-state index contributed by atoms with van der Waals surface area (Å²) in [5.74, 6) is 0.715. The van der Waals surface area contributed by atoms with Crippen molar-refractivity contribution < 1.29 is 0 Å². The first-order chi connectivity index (χ1) is 5.88. The highest BCUT2D eigenvalue weighted by molar-refractivity contribution is 5.15. The number of nitrogens with two attached hydrogens (primary N) is 1. The lowest BCUT2D eigenvalue weighted by atomic mass is 9.78. The van der Waals surface area contributed by atoms with Crippen molar-refractivity contribution in [2.45, 2.75) is 25.3 Å². The maximum absolute atomic E-state index is 6.07. The van der Waals surface area contributed by atoms with Crippen LogP contribution in [0.2, 0.25) is 0 Å². The highest BCUT2D eigenvalue weighted by Gasteiger charge is 2.25. The summed E-state index contributed by atoms with van der Waals surface area (Å²) in [7, 11) is 0. The molecule has 0 amide bonds. The van der Waals surface area contributed by atoms with E-state index in [-0.39, 0.29) is 6.04 Å². The Hall–Kier alpha value is -0.890. The van der Waals surface area contributed by atoms with Gasteiger partial charge in [0.25, 0.3) is 0 Å². The molecule has 1 aromatic heterocycles. The van der Waals surface area contributed by atoms with Gasteiger partial charge in [-0.05, 0) is 36.5 Å². The van der Waals surface area contributed by atoms with Crippen LogP contribution in [0.5, 0.6) is 0 Å². The number of hydrogen-bond donors (Lipinski definition) is 1. The molecule has 0 aromatic carbocycles. The lowest BCUT2D eigenvalue weighted by molar-refractivity contribution is 0.264. The zero-order valence-electron chi connectivity index (χ0n) is 7.11. The molecule has 2 heteroatoms. The number of rotatable bonds is 2. The zero-order chi connectivity index (χ0) is 8.39. The van der Waals surface area contributed by atoms with E-state index in [1.54, 1.807) is 0 Å². The van der Waals surface area contributed by atoms with Crippen LogP contribution in [0, 0.1) is 5.92 Å². The third-order valence-electron chi connectivity index (χ3n) is 2.75. The van der Waals surface area contributed by atoms with E-state index in [9.17, 15) is 0 Å². The van der Waals surface area contributed by atoms with Crippen LogP contribution in [0.15, 0.2) is 24.5 Å². The van der Waals surface area contributed by atoms with Crippen LogP contribution < -0.4 is 5.73 Å². The van der Waals surface area contributed by atoms with Crippen molar-refractivity contribution in [2.24, 2.45) is 11.7 Å². The quantitative estimate of drug-likeness (QED) is 0.721. The Bertz CT molecular complexity index is 241. The van der Waals surface area contributed by atoms with Crippen molar-refractivity contribution in [3.8, 4) is 0 Å². The Kier molecular flexibility index (Phi) is 2.09. The monoisotopic (exact) mass is 162 g/mol. The van der Waals surface area contributed by atoms with Gasteiger partial charge in [0.1, 0.15) is 0 Å². The van der Waals surface area contributed by atoms with Crippen molar-refractivity contribution >= 4 is 0 Å². The fourth-order valence-corrected chi connectivity index (χ4v) is 1.66. The molecule has 0 aliphatic heterocycles. The van der Waals surface area contributed by atoms with Crippen LogP contribution in [0.3, 0.4) is 0 Å². The molecule has 1 aromatic rings. The van der Waals surface area contributed by atoms with Gasteiger partial charge in [-0.2, -0.15) is 0 Å². The second kappa shape index (κ2) is 3.23. The van der Waals surface area contributed by atoms with Crippen molar-refractivity contribution in [2.75, 3.05) is 0 Å². The molecule has 2 nitrogen and oxygen atoms in total. The van der Waals surface area contributed by atoms with Gasteiger partial charge in [0.2, 0.25) is 0 Å². The third kappa shape index (κ3) is 1.34. The Morgan fingerprint density at radius 3 is 2.50 bits per heavy atom. The van der Waals surface area contributed by atoms with Gasteiger partial charge < -0.3 is 5.73 Å². The highest BCUT2D eigenvalue weighted by atomic mass is 14.7. The summed E-state index contributed by atoms with van der Waals surface area (Å²) in [6.07, 6.45) is 7.57. The van der Waals surface area contributed by atoms with E-state index in [4.69, 9.17) is 5.73 Å². The average Bonchev–Trinajstić information content (AvgIpc) is 2.03. The number of nitrogens with zero attached hydrogens (tertiary/aromatic N) is 1. The van der Waals surface area contributed by atoms with Crippen molar-refractivity contribution in [1.29, 1.82) is 0 Å². The molecule has 1 aliphatic rings. The molecule has 0 bridgehead atoms. The Morgan fingerprint density at radius 1 is 1.33 bits per heavy atom. The van der Waals surface area contributed by atoms with E-state index in [0.717, 1.165) is 0 Å². The fourth-order valence-electron chi connectivity index (χ4n) is 1.66. The summed E-state index contributed by atoms with van der Waals surface area (Å²) in [6.45, 7) is 0. The van der Waals surface area contributed by atoms with Crippen LogP contribution in [0.1, 0.15) is 30.9 Å². The first-order valence-electron chi connectivity index (χ1n) is 4.53. The molecule has 0 radical (unpaired) electrons. The van der Waals surface area contributed by atoms with Crippen molar-refractivity contribution in [3.63, 3.8) is 0 Å². The average molecular weight is 162 g/mol. The Balaban J connectivity index is 2.08. The van der Waals surface area contributed by atoms with Gasteiger partial charge in [-0.15, -0.1) is 0 Å². The summed E-state index contributed by atoms with van der Waals surface area (Å²) in [6, 6.07) is 4.27. The smallest absolute Gasteiger partial charge is 0.0324 e. The standard InChI is InChI=1S/C10H14N2/c11-10(8-2-1-3-8)9-4-6-12-7-5-9/h4-8,10H,1-3,11H2. The molecule has 64 valence electrons. The lowest BCUT2D eigenvalue weighted by Gasteiger charge is -2.31. The van der Waals surface area contributed by atoms with Crippen LogP contribution in [0.25, 0.3) is 0 Å². The van der Waals surface area contributed by atoms with E-state index in [2.05, 4.69) is 4.98 Å². The minimum atomic E-state index is 0.238. The van der Waals surface area contributed by atoms with Crippen molar-refractivity contribution in [1.82, 2.24) is 4.98 Å². The normalized spacial score (nSPS) is 20.1. The molecule has 0 spiro atoms. The molecule has 1 atom stereocenters. The summed E-state index contributed by atoms with van der Waals surface area (Å²) < 4.78 is 0. The third-order valence-corrected chi connectivity index (χ3v) is 2.75. The molecule has 0 saturated heterocycles. The van der Waals surface area contributed by atoms with Crippen molar-refractivity contribution in [3.05, 3.63) is 30.1 Å². The first kappa shape index (κ1) is 7.74. The topological polar surface area (TPSA) is 38.9 Å².